The lowest BCUT2D eigenvalue weighted by Gasteiger charge is -2.34. The van der Waals surface area contributed by atoms with Gasteiger partial charge in [0.25, 0.3) is 0 Å². The molecule has 2 atom stereocenters. The van der Waals surface area contributed by atoms with Gasteiger partial charge in [0.1, 0.15) is 12.6 Å². The van der Waals surface area contributed by atoms with Gasteiger partial charge >= 0.3 is 11.9 Å². The summed E-state index contributed by atoms with van der Waals surface area (Å²) in [6.07, 6.45) is 23.6. The Morgan fingerprint density at radius 2 is 1.41 bits per heavy atom. The fourth-order valence-corrected chi connectivity index (χ4v) is 4.06. The number of unbranched alkanes of at least 4 members (excludes halogenated alkanes) is 6. The van der Waals surface area contributed by atoms with E-state index >= 15 is 0 Å². The number of carboxylic acids is 1. The van der Waals surface area contributed by atoms with E-state index in [0.717, 1.165) is 44.9 Å². The zero-order chi connectivity index (χ0) is 30.8. The molecule has 8 heteroatoms. The number of carbonyl (C=O) groups excluding carboxylic acids is 3. The van der Waals surface area contributed by atoms with Crippen LogP contribution in [0.15, 0.2) is 36.5 Å². The van der Waals surface area contributed by atoms with Crippen LogP contribution in [-0.2, 0) is 28.6 Å². The molecule has 0 aliphatic carbocycles. The summed E-state index contributed by atoms with van der Waals surface area (Å²) in [5.41, 5.74) is 0. The van der Waals surface area contributed by atoms with E-state index in [0.29, 0.717) is 12.8 Å². The van der Waals surface area contributed by atoms with Gasteiger partial charge in [-0.2, -0.15) is 0 Å². The molecule has 0 bridgehead atoms. The number of carboxylic acid groups (broad SMARTS) is 1. The van der Waals surface area contributed by atoms with Gasteiger partial charge in [-0.3, -0.25) is 9.59 Å². The Balaban J connectivity index is 4.63. The Morgan fingerprint density at radius 3 is 2.07 bits per heavy atom. The van der Waals surface area contributed by atoms with E-state index in [4.69, 9.17) is 14.2 Å². The van der Waals surface area contributed by atoms with Crippen molar-refractivity contribution >= 4 is 17.9 Å². The molecule has 0 spiro atoms. The van der Waals surface area contributed by atoms with Crippen LogP contribution < -0.4 is 5.11 Å². The van der Waals surface area contributed by atoms with Crippen molar-refractivity contribution in [2.45, 2.75) is 116 Å². The molecule has 0 aliphatic heterocycles. The highest BCUT2D eigenvalue weighted by Crippen LogP contribution is 2.10. The molecule has 41 heavy (non-hydrogen) atoms. The predicted molar refractivity (Wildman–Crippen MR) is 162 cm³/mol. The van der Waals surface area contributed by atoms with Gasteiger partial charge in [0, 0.05) is 19.3 Å². The van der Waals surface area contributed by atoms with Gasteiger partial charge in [0.15, 0.2) is 6.10 Å². The maximum Gasteiger partial charge on any atom is 0.306 e. The number of hydrogen-bond acceptors (Lipinski definition) is 7. The van der Waals surface area contributed by atoms with Gasteiger partial charge < -0.3 is 28.6 Å². The summed E-state index contributed by atoms with van der Waals surface area (Å²) >= 11 is 0. The van der Waals surface area contributed by atoms with E-state index in [1.54, 1.807) is 21.1 Å². The smallest absolute Gasteiger partial charge is 0.306 e. The number of esters is 2. The Labute approximate surface area is 249 Å². The second-order valence-electron chi connectivity index (χ2n) is 11.3. The van der Waals surface area contributed by atoms with Crippen molar-refractivity contribution in [2.75, 3.05) is 41.0 Å². The molecule has 0 saturated carbocycles. The Kier molecular flexibility index (Phi) is 23.8. The highest BCUT2D eigenvalue weighted by Gasteiger charge is 2.25. The van der Waals surface area contributed by atoms with Crippen molar-refractivity contribution in [1.29, 1.82) is 0 Å². The quantitative estimate of drug-likeness (QED) is 0.0581. The van der Waals surface area contributed by atoms with Crippen molar-refractivity contribution in [2.24, 2.45) is 0 Å². The standard InChI is InChI=1S/C33H57NO7/c1-6-8-10-12-14-16-18-19-21-23-31(35)40-28-29(27-39-26-25-30(33(37)38)34(3,4)5)41-32(36)24-22-20-17-15-13-11-9-7-2/h8,10,14,16-17,20,29-30H,6-7,9,11-13,15,18-19,21-28H2,1-5H3/b10-8+,16-14+,20-17+. The number of hydrogen-bond donors (Lipinski definition) is 0. The SMILES string of the molecule is CC/C=C/C/C=C/CCCCC(=O)OCC(COCCC(C(=O)[O-])[N+](C)(C)C)OC(=O)CC/C=C/CCCCCC. The fraction of sp³-hybridized carbons (Fsp3) is 0.727. The van der Waals surface area contributed by atoms with Gasteiger partial charge in [0.2, 0.25) is 0 Å². The first kappa shape index (κ1) is 38.5. The lowest BCUT2D eigenvalue weighted by Crippen LogP contribution is -2.55. The first-order valence-corrected chi connectivity index (χ1v) is 15.5. The summed E-state index contributed by atoms with van der Waals surface area (Å²) < 4.78 is 16.8. The molecule has 0 aromatic carbocycles. The molecular formula is C33H57NO7. The average Bonchev–Trinajstić information content (AvgIpc) is 2.91. The van der Waals surface area contributed by atoms with E-state index < -0.39 is 18.1 Å². The van der Waals surface area contributed by atoms with Crippen LogP contribution in [-0.4, -0.2) is 75.5 Å². The normalized spacial score (nSPS) is 13.7. The maximum absolute atomic E-state index is 12.4. The first-order valence-electron chi connectivity index (χ1n) is 15.5. The van der Waals surface area contributed by atoms with Crippen LogP contribution in [0.4, 0.5) is 0 Å². The Hall–Kier alpha value is -2.45. The molecule has 0 aromatic heterocycles. The number of ether oxygens (including phenoxy) is 3. The molecule has 0 aromatic rings. The highest BCUT2D eigenvalue weighted by molar-refractivity contribution is 5.70. The number of carbonyl (C=O) groups is 3. The van der Waals surface area contributed by atoms with E-state index in [1.165, 1.54) is 19.3 Å². The van der Waals surface area contributed by atoms with Crippen LogP contribution >= 0.6 is 0 Å². The summed E-state index contributed by atoms with van der Waals surface area (Å²) in [4.78, 5) is 36.2. The zero-order valence-electron chi connectivity index (χ0n) is 26.4. The predicted octanol–water partition coefficient (Wildman–Crippen LogP) is 5.45. The molecule has 0 amide bonds. The lowest BCUT2D eigenvalue weighted by molar-refractivity contribution is -0.889. The molecule has 0 radical (unpaired) electrons. The van der Waals surface area contributed by atoms with Crippen LogP contribution in [0.2, 0.25) is 0 Å². The minimum Gasteiger partial charge on any atom is -0.544 e. The van der Waals surface area contributed by atoms with Gasteiger partial charge in [0.05, 0.1) is 40.3 Å². The summed E-state index contributed by atoms with van der Waals surface area (Å²) in [6, 6.07) is -0.731. The van der Waals surface area contributed by atoms with Crippen molar-refractivity contribution < 1.29 is 38.2 Å². The number of quaternary nitrogens is 1. The van der Waals surface area contributed by atoms with Crippen LogP contribution in [0.25, 0.3) is 0 Å². The molecule has 2 unspecified atom stereocenters. The summed E-state index contributed by atoms with van der Waals surface area (Å²) in [5.74, 6) is -1.86. The second kappa shape index (κ2) is 25.3. The summed E-state index contributed by atoms with van der Waals surface area (Å²) in [6.45, 7) is 4.36. The Morgan fingerprint density at radius 1 is 0.756 bits per heavy atom. The monoisotopic (exact) mass is 579 g/mol. The number of rotatable bonds is 26. The minimum atomic E-state index is -1.14. The van der Waals surface area contributed by atoms with Crippen molar-refractivity contribution in [1.82, 2.24) is 0 Å². The van der Waals surface area contributed by atoms with Gasteiger partial charge in [-0.05, 0) is 51.4 Å². The summed E-state index contributed by atoms with van der Waals surface area (Å²) in [7, 11) is 5.35. The third-order valence-corrected chi connectivity index (χ3v) is 6.52. The minimum absolute atomic E-state index is 0.0144. The second-order valence-corrected chi connectivity index (χ2v) is 11.3. The van der Waals surface area contributed by atoms with E-state index in [1.807, 2.05) is 6.08 Å². The topological polar surface area (TPSA) is 102 Å². The molecule has 236 valence electrons. The third-order valence-electron chi connectivity index (χ3n) is 6.52. The largest absolute Gasteiger partial charge is 0.544 e. The van der Waals surface area contributed by atoms with Crippen LogP contribution in [0.3, 0.4) is 0 Å². The number of likely N-dealkylation sites (N-methyl/N-ethyl adjacent to an activating group) is 1. The fourth-order valence-electron chi connectivity index (χ4n) is 4.06. The van der Waals surface area contributed by atoms with Crippen molar-refractivity contribution in [3.8, 4) is 0 Å². The molecule has 0 saturated heterocycles. The maximum atomic E-state index is 12.4. The lowest BCUT2D eigenvalue weighted by atomic mass is 10.1. The molecule has 0 fully saturated rings. The molecule has 0 N–H and O–H groups in total. The molecular weight excluding hydrogens is 522 g/mol. The van der Waals surface area contributed by atoms with Gasteiger partial charge in [-0.1, -0.05) is 69.6 Å². The Bertz CT molecular complexity index is 783. The highest BCUT2D eigenvalue weighted by atomic mass is 16.6. The summed E-state index contributed by atoms with van der Waals surface area (Å²) in [5, 5.41) is 11.5. The van der Waals surface area contributed by atoms with E-state index in [-0.39, 0.29) is 49.1 Å². The zero-order valence-corrected chi connectivity index (χ0v) is 26.4. The molecule has 0 heterocycles. The van der Waals surface area contributed by atoms with Crippen molar-refractivity contribution in [3.05, 3.63) is 36.5 Å². The number of aliphatic carboxylic acids is 1. The molecule has 8 nitrogen and oxygen atoms in total. The van der Waals surface area contributed by atoms with Crippen molar-refractivity contribution in [3.63, 3.8) is 0 Å². The van der Waals surface area contributed by atoms with Crippen LogP contribution in [0, 0.1) is 0 Å². The first-order chi connectivity index (χ1) is 19.6. The van der Waals surface area contributed by atoms with E-state index in [2.05, 4.69) is 44.2 Å². The van der Waals surface area contributed by atoms with Crippen LogP contribution in [0.5, 0.6) is 0 Å². The third kappa shape index (κ3) is 23.9. The van der Waals surface area contributed by atoms with Crippen LogP contribution in [0.1, 0.15) is 104 Å². The average molecular weight is 580 g/mol. The van der Waals surface area contributed by atoms with Gasteiger partial charge in [-0.25, -0.2) is 0 Å². The number of allylic oxidation sites excluding steroid dienone is 6. The van der Waals surface area contributed by atoms with E-state index in [9.17, 15) is 19.5 Å². The van der Waals surface area contributed by atoms with Gasteiger partial charge in [-0.15, -0.1) is 0 Å². The number of nitrogens with zero attached hydrogens (tertiary/aromatic N) is 1. The molecule has 0 rings (SSSR count). The molecule has 0 aliphatic rings.